The molecule has 0 aliphatic carbocycles. The van der Waals surface area contributed by atoms with Gasteiger partial charge < -0.3 is 14.8 Å². The summed E-state index contributed by atoms with van der Waals surface area (Å²) in [5.41, 5.74) is 1.73. The fourth-order valence-electron chi connectivity index (χ4n) is 2.21. The molecule has 2 aromatic carbocycles. The maximum atomic E-state index is 12.0. The van der Waals surface area contributed by atoms with E-state index in [1.807, 2.05) is 42.5 Å². The lowest BCUT2D eigenvalue weighted by Gasteiger charge is -2.16. The first-order valence-corrected chi connectivity index (χ1v) is 7.89. The molecular formula is C19H20ClNO3. The fourth-order valence-corrected chi connectivity index (χ4v) is 2.41. The van der Waals surface area contributed by atoms with Gasteiger partial charge in [0, 0.05) is 24.8 Å². The molecule has 0 aliphatic rings. The average Bonchev–Trinajstić information content (AvgIpc) is 2.61. The molecule has 1 unspecified atom stereocenters. The highest BCUT2D eigenvalue weighted by molar-refractivity contribution is 6.32. The quantitative estimate of drug-likeness (QED) is 0.775. The lowest BCUT2D eigenvalue weighted by Crippen LogP contribution is -2.27. The van der Waals surface area contributed by atoms with E-state index in [1.165, 1.54) is 6.08 Å². The predicted octanol–water partition coefficient (Wildman–Crippen LogP) is 3.87. The van der Waals surface area contributed by atoms with Crippen LogP contribution < -0.4 is 10.1 Å². The minimum atomic E-state index is -0.252. The van der Waals surface area contributed by atoms with Gasteiger partial charge in [0.05, 0.1) is 13.2 Å². The highest BCUT2D eigenvalue weighted by Crippen LogP contribution is 2.21. The van der Waals surface area contributed by atoms with Gasteiger partial charge in [-0.1, -0.05) is 41.9 Å². The van der Waals surface area contributed by atoms with Crippen LogP contribution >= 0.6 is 11.6 Å². The largest absolute Gasteiger partial charge is 0.497 e. The van der Waals surface area contributed by atoms with E-state index < -0.39 is 0 Å². The van der Waals surface area contributed by atoms with Gasteiger partial charge in [0.1, 0.15) is 5.75 Å². The number of ether oxygens (including phenoxy) is 2. The molecule has 1 amide bonds. The first kappa shape index (κ1) is 18.0. The molecule has 4 nitrogen and oxygen atoms in total. The Morgan fingerprint density at radius 2 is 2.00 bits per heavy atom. The van der Waals surface area contributed by atoms with Crippen LogP contribution in [0.2, 0.25) is 5.02 Å². The van der Waals surface area contributed by atoms with Crippen molar-refractivity contribution in [1.29, 1.82) is 0 Å². The van der Waals surface area contributed by atoms with Crippen LogP contribution in [-0.2, 0) is 9.53 Å². The minimum absolute atomic E-state index is 0.208. The highest BCUT2D eigenvalue weighted by atomic mass is 35.5. The minimum Gasteiger partial charge on any atom is -0.497 e. The normalized spacial score (nSPS) is 12.1. The Balaban J connectivity index is 1.95. The van der Waals surface area contributed by atoms with E-state index >= 15 is 0 Å². The molecule has 0 aliphatic heterocycles. The maximum absolute atomic E-state index is 12.0. The lowest BCUT2D eigenvalue weighted by molar-refractivity contribution is -0.117. The molecule has 0 heterocycles. The van der Waals surface area contributed by atoms with Gasteiger partial charge in [-0.25, -0.2) is 0 Å². The SMILES string of the molecule is COc1cccc(C(CNC(=O)/C=C/c2ccccc2Cl)OC)c1. The molecule has 1 N–H and O–H groups in total. The van der Waals surface area contributed by atoms with Gasteiger partial charge in [-0.3, -0.25) is 4.79 Å². The van der Waals surface area contributed by atoms with Gasteiger partial charge >= 0.3 is 0 Å². The predicted molar refractivity (Wildman–Crippen MR) is 96.2 cm³/mol. The average molecular weight is 346 g/mol. The van der Waals surface area contributed by atoms with Gasteiger partial charge in [0.15, 0.2) is 0 Å². The van der Waals surface area contributed by atoms with Crippen molar-refractivity contribution in [1.82, 2.24) is 5.32 Å². The maximum Gasteiger partial charge on any atom is 0.244 e. The van der Waals surface area contributed by atoms with Gasteiger partial charge in [0.25, 0.3) is 0 Å². The van der Waals surface area contributed by atoms with Crippen molar-refractivity contribution in [2.24, 2.45) is 0 Å². The molecule has 0 fully saturated rings. The zero-order valence-corrected chi connectivity index (χ0v) is 14.4. The molecule has 1 atom stereocenters. The molecular weight excluding hydrogens is 326 g/mol. The second kappa shape index (κ2) is 9.11. The van der Waals surface area contributed by atoms with Crippen LogP contribution in [0.15, 0.2) is 54.6 Å². The summed E-state index contributed by atoms with van der Waals surface area (Å²) in [5.74, 6) is 0.541. The molecule has 126 valence electrons. The molecule has 0 spiro atoms. The Hall–Kier alpha value is -2.30. The Morgan fingerprint density at radius 1 is 1.21 bits per heavy atom. The first-order chi connectivity index (χ1) is 11.6. The Bertz CT molecular complexity index is 715. The number of nitrogens with one attached hydrogen (secondary N) is 1. The van der Waals surface area contributed by atoms with Crippen molar-refractivity contribution < 1.29 is 14.3 Å². The van der Waals surface area contributed by atoms with Crippen molar-refractivity contribution in [3.8, 4) is 5.75 Å². The number of carbonyl (C=O) groups is 1. The van der Waals surface area contributed by atoms with Crippen molar-refractivity contribution in [2.45, 2.75) is 6.10 Å². The van der Waals surface area contributed by atoms with E-state index in [-0.39, 0.29) is 12.0 Å². The number of hydrogen-bond acceptors (Lipinski definition) is 3. The number of methoxy groups -OCH3 is 2. The van der Waals surface area contributed by atoms with E-state index in [0.717, 1.165) is 16.9 Å². The molecule has 0 saturated heterocycles. The van der Waals surface area contributed by atoms with E-state index in [0.29, 0.717) is 11.6 Å². The van der Waals surface area contributed by atoms with Crippen LogP contribution in [-0.4, -0.2) is 26.7 Å². The standard InChI is InChI=1S/C19H20ClNO3/c1-23-16-8-5-7-15(12-16)18(24-2)13-21-19(22)11-10-14-6-3-4-9-17(14)20/h3-12,18H,13H2,1-2H3,(H,21,22)/b11-10+. The van der Waals surface area contributed by atoms with Crippen LogP contribution in [0.1, 0.15) is 17.2 Å². The van der Waals surface area contributed by atoms with Crippen LogP contribution in [0.25, 0.3) is 6.08 Å². The smallest absolute Gasteiger partial charge is 0.244 e. The van der Waals surface area contributed by atoms with Gasteiger partial charge in [-0.05, 0) is 35.4 Å². The number of carbonyl (C=O) groups excluding carboxylic acids is 1. The molecule has 0 saturated carbocycles. The van der Waals surface area contributed by atoms with Crippen LogP contribution in [0.5, 0.6) is 5.75 Å². The van der Waals surface area contributed by atoms with Gasteiger partial charge in [0.2, 0.25) is 5.91 Å². The summed E-state index contributed by atoms with van der Waals surface area (Å²) in [6.07, 6.45) is 2.89. The fraction of sp³-hybridized carbons (Fsp3) is 0.211. The first-order valence-electron chi connectivity index (χ1n) is 7.51. The van der Waals surface area contributed by atoms with Crippen LogP contribution in [0.4, 0.5) is 0 Å². The molecule has 0 aromatic heterocycles. The van der Waals surface area contributed by atoms with Crippen LogP contribution in [0.3, 0.4) is 0 Å². The third-order valence-corrected chi connectivity index (χ3v) is 3.88. The van der Waals surface area contributed by atoms with Gasteiger partial charge in [-0.15, -0.1) is 0 Å². The van der Waals surface area contributed by atoms with Crippen molar-refractivity contribution in [2.75, 3.05) is 20.8 Å². The Kier molecular flexibility index (Phi) is 6.85. The monoisotopic (exact) mass is 345 g/mol. The summed E-state index contributed by atoms with van der Waals surface area (Å²) >= 11 is 6.05. The number of halogens is 1. The summed E-state index contributed by atoms with van der Waals surface area (Å²) < 4.78 is 10.7. The third-order valence-electron chi connectivity index (χ3n) is 3.53. The van der Waals surface area contributed by atoms with Crippen molar-refractivity contribution in [3.63, 3.8) is 0 Å². The summed E-state index contributed by atoms with van der Waals surface area (Å²) in [4.78, 5) is 12.0. The van der Waals surface area contributed by atoms with E-state index in [1.54, 1.807) is 26.4 Å². The van der Waals surface area contributed by atoms with E-state index in [4.69, 9.17) is 21.1 Å². The summed E-state index contributed by atoms with van der Waals surface area (Å²) in [5, 5.41) is 3.43. The number of amides is 1. The Labute approximate surface area is 147 Å². The second-order valence-corrected chi connectivity index (χ2v) is 5.51. The molecule has 0 bridgehead atoms. The molecule has 0 radical (unpaired) electrons. The van der Waals surface area contributed by atoms with E-state index in [2.05, 4.69) is 5.32 Å². The van der Waals surface area contributed by atoms with Crippen LogP contribution in [0, 0.1) is 0 Å². The molecule has 2 rings (SSSR count). The topological polar surface area (TPSA) is 47.6 Å². The number of rotatable bonds is 7. The summed E-state index contributed by atoms with van der Waals surface area (Å²) in [6.45, 7) is 0.357. The zero-order chi connectivity index (χ0) is 17.4. The molecule has 24 heavy (non-hydrogen) atoms. The van der Waals surface area contributed by atoms with Gasteiger partial charge in [-0.2, -0.15) is 0 Å². The molecule has 5 heteroatoms. The number of hydrogen-bond donors (Lipinski definition) is 1. The van der Waals surface area contributed by atoms with Crippen molar-refractivity contribution >= 4 is 23.6 Å². The van der Waals surface area contributed by atoms with Crippen molar-refractivity contribution in [3.05, 3.63) is 70.8 Å². The Morgan fingerprint density at radius 3 is 2.71 bits per heavy atom. The summed E-state index contributed by atoms with van der Waals surface area (Å²) in [6, 6.07) is 14.9. The zero-order valence-electron chi connectivity index (χ0n) is 13.7. The third kappa shape index (κ3) is 5.11. The molecule has 2 aromatic rings. The number of benzene rings is 2. The lowest BCUT2D eigenvalue weighted by atomic mass is 10.1. The summed E-state index contributed by atoms with van der Waals surface area (Å²) in [7, 11) is 3.22. The highest BCUT2D eigenvalue weighted by Gasteiger charge is 2.12. The second-order valence-electron chi connectivity index (χ2n) is 5.10. The van der Waals surface area contributed by atoms with E-state index in [9.17, 15) is 4.79 Å².